The van der Waals surface area contributed by atoms with E-state index in [1.54, 1.807) is 0 Å². The molecule has 0 saturated heterocycles. The van der Waals surface area contributed by atoms with Gasteiger partial charge in [-0.25, -0.2) is 0 Å². The minimum atomic E-state index is 1.09. The first-order chi connectivity index (χ1) is 6.24. The lowest BCUT2D eigenvalue weighted by Crippen LogP contribution is -1.84. The van der Waals surface area contributed by atoms with E-state index in [9.17, 15) is 0 Å². The first-order valence-electron chi connectivity index (χ1n) is 4.32. The summed E-state index contributed by atoms with van der Waals surface area (Å²) in [5.74, 6) is 0. The second-order valence-corrected chi connectivity index (χ2v) is 5.44. The molecule has 0 radical (unpaired) electrons. The Morgan fingerprint density at radius 2 is 1.31 bits per heavy atom. The largest absolute Gasteiger partial charge is 0.0616 e. The summed E-state index contributed by atoms with van der Waals surface area (Å²) in [6, 6.07) is 0. The van der Waals surface area contributed by atoms with Gasteiger partial charge in [0.2, 0.25) is 0 Å². The van der Waals surface area contributed by atoms with Crippen LogP contribution in [-0.4, -0.2) is 0 Å². The molecule has 2 heteroatoms. The zero-order valence-electron chi connectivity index (χ0n) is 7.19. The molecule has 0 bridgehead atoms. The fourth-order valence-electron chi connectivity index (χ4n) is 1.62. The highest BCUT2D eigenvalue weighted by molar-refractivity contribution is 9.12. The number of halogens is 2. The number of rotatable bonds is 2. The molecule has 68 valence electrons. The molecule has 0 atom stereocenters. The summed E-state index contributed by atoms with van der Waals surface area (Å²) in [6.45, 7) is 0. The molecule has 0 spiro atoms. The van der Waals surface area contributed by atoms with Gasteiger partial charge in [0.05, 0.1) is 0 Å². The zero-order chi connectivity index (χ0) is 9.26. The van der Waals surface area contributed by atoms with Gasteiger partial charge in [0, 0.05) is 12.8 Å². The summed E-state index contributed by atoms with van der Waals surface area (Å²) in [7, 11) is 0. The SMILES string of the molecule is BrC1=CC=C(CC2=CC=C(Br)C2)C1. The molecule has 0 amide bonds. The highest BCUT2D eigenvalue weighted by atomic mass is 79.9. The van der Waals surface area contributed by atoms with Crippen molar-refractivity contribution in [3.8, 4) is 0 Å². The molecule has 0 aliphatic heterocycles. The summed E-state index contributed by atoms with van der Waals surface area (Å²) in [5, 5.41) is 0. The minimum Gasteiger partial charge on any atom is -0.0616 e. The fraction of sp³-hybridized carbons (Fsp3) is 0.273. The molecular weight excluding hydrogens is 292 g/mol. The maximum Gasteiger partial charge on any atom is 0.000565 e. The van der Waals surface area contributed by atoms with Crippen LogP contribution in [0.4, 0.5) is 0 Å². The zero-order valence-corrected chi connectivity index (χ0v) is 10.4. The van der Waals surface area contributed by atoms with Gasteiger partial charge in [0.25, 0.3) is 0 Å². The average molecular weight is 302 g/mol. The molecule has 0 nitrogen and oxygen atoms in total. The Bertz CT molecular complexity index is 309. The predicted molar refractivity (Wildman–Crippen MR) is 64.0 cm³/mol. The van der Waals surface area contributed by atoms with Gasteiger partial charge in [-0.3, -0.25) is 0 Å². The van der Waals surface area contributed by atoms with Crippen LogP contribution in [0.3, 0.4) is 0 Å². The van der Waals surface area contributed by atoms with E-state index < -0.39 is 0 Å². The van der Waals surface area contributed by atoms with Gasteiger partial charge in [-0.2, -0.15) is 0 Å². The van der Waals surface area contributed by atoms with Crippen LogP contribution in [0, 0.1) is 0 Å². The van der Waals surface area contributed by atoms with Gasteiger partial charge in [-0.05, 0) is 15.4 Å². The van der Waals surface area contributed by atoms with Crippen molar-refractivity contribution in [3.05, 3.63) is 44.4 Å². The number of hydrogen-bond acceptors (Lipinski definition) is 0. The summed E-state index contributed by atoms with van der Waals surface area (Å²) in [5.41, 5.74) is 3.02. The maximum absolute atomic E-state index is 3.51. The van der Waals surface area contributed by atoms with Crippen molar-refractivity contribution in [3.63, 3.8) is 0 Å². The molecule has 2 aliphatic rings. The average Bonchev–Trinajstić information content (AvgIpc) is 2.62. The molecule has 0 heterocycles. The normalized spacial score (nSPS) is 21.1. The lowest BCUT2D eigenvalue weighted by atomic mass is 10.0. The molecule has 0 saturated carbocycles. The third kappa shape index (κ3) is 2.44. The highest BCUT2D eigenvalue weighted by Crippen LogP contribution is 2.33. The van der Waals surface area contributed by atoms with Gasteiger partial charge in [0.1, 0.15) is 0 Å². The number of allylic oxidation sites excluding steroid dienone is 8. The smallest absolute Gasteiger partial charge is 0.000565 e. The first-order valence-corrected chi connectivity index (χ1v) is 5.91. The van der Waals surface area contributed by atoms with Crippen LogP contribution in [0.1, 0.15) is 19.3 Å². The van der Waals surface area contributed by atoms with E-state index in [1.165, 1.54) is 20.1 Å². The van der Waals surface area contributed by atoms with Crippen molar-refractivity contribution in [2.75, 3.05) is 0 Å². The van der Waals surface area contributed by atoms with Crippen molar-refractivity contribution >= 4 is 31.9 Å². The van der Waals surface area contributed by atoms with Crippen molar-refractivity contribution in [2.24, 2.45) is 0 Å². The molecule has 0 aromatic heterocycles. The summed E-state index contributed by atoms with van der Waals surface area (Å²) in [6.07, 6.45) is 12.0. The first kappa shape index (κ1) is 9.47. The van der Waals surface area contributed by atoms with Crippen molar-refractivity contribution in [2.45, 2.75) is 19.3 Å². The summed E-state index contributed by atoms with van der Waals surface area (Å²) in [4.78, 5) is 0. The Balaban J connectivity index is 1.89. The van der Waals surface area contributed by atoms with E-state index in [-0.39, 0.29) is 0 Å². The molecule has 0 aromatic carbocycles. The highest BCUT2D eigenvalue weighted by Gasteiger charge is 2.11. The Labute approximate surface area is 95.4 Å². The number of hydrogen-bond donors (Lipinski definition) is 0. The van der Waals surface area contributed by atoms with Gasteiger partial charge in [0.15, 0.2) is 0 Å². The van der Waals surface area contributed by atoms with Crippen molar-refractivity contribution in [1.82, 2.24) is 0 Å². The molecule has 13 heavy (non-hydrogen) atoms. The van der Waals surface area contributed by atoms with E-state index in [1.807, 2.05) is 0 Å². The van der Waals surface area contributed by atoms with Crippen LogP contribution in [0.25, 0.3) is 0 Å². The molecule has 2 rings (SSSR count). The fourth-order valence-corrected chi connectivity index (χ4v) is 2.61. The van der Waals surface area contributed by atoms with Crippen LogP contribution in [0.2, 0.25) is 0 Å². The van der Waals surface area contributed by atoms with Crippen LogP contribution in [0.15, 0.2) is 44.4 Å². The second-order valence-electron chi connectivity index (χ2n) is 3.41. The van der Waals surface area contributed by atoms with Crippen molar-refractivity contribution < 1.29 is 0 Å². The lowest BCUT2D eigenvalue weighted by molar-refractivity contribution is 1.02. The Morgan fingerprint density at radius 1 is 0.846 bits per heavy atom. The minimum absolute atomic E-state index is 1.09. The Hall–Kier alpha value is -0.0800. The van der Waals surface area contributed by atoms with Gasteiger partial charge in [-0.15, -0.1) is 0 Å². The lowest BCUT2D eigenvalue weighted by Gasteiger charge is -2.03. The quantitative estimate of drug-likeness (QED) is 0.699. The Kier molecular flexibility index (Phi) is 2.89. The van der Waals surface area contributed by atoms with Crippen LogP contribution in [0.5, 0.6) is 0 Å². The standard InChI is InChI=1S/C11H10Br2/c12-10-3-1-8(6-10)5-9-2-4-11(13)7-9/h1-4H,5-7H2. The molecule has 0 unspecified atom stereocenters. The van der Waals surface area contributed by atoms with E-state index >= 15 is 0 Å². The van der Waals surface area contributed by atoms with E-state index in [0.29, 0.717) is 0 Å². The van der Waals surface area contributed by atoms with Crippen molar-refractivity contribution in [1.29, 1.82) is 0 Å². The predicted octanol–water partition coefficient (Wildman–Crippen LogP) is 4.59. The van der Waals surface area contributed by atoms with E-state index in [4.69, 9.17) is 0 Å². The van der Waals surface area contributed by atoms with Gasteiger partial charge >= 0.3 is 0 Å². The third-order valence-electron chi connectivity index (χ3n) is 2.25. The molecule has 0 aromatic rings. The van der Waals surface area contributed by atoms with E-state index in [2.05, 4.69) is 56.2 Å². The molecule has 0 fully saturated rings. The van der Waals surface area contributed by atoms with Gasteiger partial charge < -0.3 is 0 Å². The molecular formula is C11H10Br2. The summed E-state index contributed by atoms with van der Waals surface area (Å²) >= 11 is 7.01. The molecule has 0 N–H and O–H groups in total. The third-order valence-corrected chi connectivity index (χ3v) is 3.34. The monoisotopic (exact) mass is 300 g/mol. The van der Waals surface area contributed by atoms with Gasteiger partial charge in [-0.1, -0.05) is 67.3 Å². The van der Waals surface area contributed by atoms with E-state index in [0.717, 1.165) is 19.3 Å². The van der Waals surface area contributed by atoms with Crippen LogP contribution >= 0.6 is 31.9 Å². The topological polar surface area (TPSA) is 0 Å². The summed E-state index contributed by atoms with van der Waals surface area (Å²) < 4.78 is 2.60. The molecule has 2 aliphatic carbocycles. The Morgan fingerprint density at radius 3 is 1.62 bits per heavy atom. The van der Waals surface area contributed by atoms with Crippen LogP contribution < -0.4 is 0 Å². The maximum atomic E-state index is 3.51. The van der Waals surface area contributed by atoms with Crippen LogP contribution in [-0.2, 0) is 0 Å². The second kappa shape index (κ2) is 3.97.